The van der Waals surface area contributed by atoms with E-state index in [-0.39, 0.29) is 12.4 Å². The van der Waals surface area contributed by atoms with Crippen molar-refractivity contribution in [2.45, 2.75) is 24.9 Å². The summed E-state index contributed by atoms with van der Waals surface area (Å²) in [6.45, 7) is 2.14. The number of halogens is 2. The summed E-state index contributed by atoms with van der Waals surface area (Å²) in [6, 6.07) is 7.26. The van der Waals surface area contributed by atoms with Crippen molar-refractivity contribution in [2.24, 2.45) is 0 Å². The molecule has 1 aliphatic heterocycles. The van der Waals surface area contributed by atoms with Crippen LogP contribution in [0.5, 0.6) is 5.75 Å². The Labute approximate surface area is 119 Å². The molecule has 1 saturated heterocycles. The van der Waals surface area contributed by atoms with Gasteiger partial charge in [0.25, 0.3) is 0 Å². The zero-order valence-electron chi connectivity index (χ0n) is 10.2. The Morgan fingerprint density at radius 2 is 2.17 bits per heavy atom. The molecule has 1 aliphatic rings. The van der Waals surface area contributed by atoms with Crippen molar-refractivity contribution in [1.82, 2.24) is 5.32 Å². The summed E-state index contributed by atoms with van der Waals surface area (Å²) in [7, 11) is 0. The highest BCUT2D eigenvalue weighted by Crippen LogP contribution is 2.23. The lowest BCUT2D eigenvalue weighted by Gasteiger charge is -2.26. The Morgan fingerprint density at radius 1 is 1.33 bits per heavy atom. The van der Waals surface area contributed by atoms with Gasteiger partial charge in [0, 0.05) is 5.02 Å². The number of rotatable bonds is 3. The Bertz CT molecular complexity index is 366. The van der Waals surface area contributed by atoms with Crippen LogP contribution < -0.4 is 10.1 Å². The van der Waals surface area contributed by atoms with Gasteiger partial charge in [0.1, 0.15) is 12.4 Å². The van der Waals surface area contributed by atoms with Crippen molar-refractivity contribution < 1.29 is 9.84 Å². The highest BCUT2D eigenvalue weighted by atomic mass is 35.5. The van der Waals surface area contributed by atoms with Crippen molar-refractivity contribution in [1.29, 1.82) is 0 Å². The molecule has 3 nitrogen and oxygen atoms in total. The summed E-state index contributed by atoms with van der Waals surface area (Å²) in [5.41, 5.74) is -0.716. The van der Waals surface area contributed by atoms with Crippen LogP contribution in [-0.4, -0.2) is 30.4 Å². The first-order valence-corrected chi connectivity index (χ1v) is 6.37. The van der Waals surface area contributed by atoms with Crippen LogP contribution in [0.3, 0.4) is 0 Å². The van der Waals surface area contributed by atoms with Gasteiger partial charge in [-0.15, -0.1) is 12.4 Å². The summed E-state index contributed by atoms with van der Waals surface area (Å²) >= 11 is 5.87. The lowest BCUT2D eigenvalue weighted by molar-refractivity contribution is -0.0147. The third-order valence-electron chi connectivity index (χ3n) is 3.07. The fraction of sp³-hybridized carbons (Fsp3) is 0.538. The van der Waals surface area contributed by atoms with E-state index in [9.17, 15) is 5.11 Å². The van der Waals surface area contributed by atoms with Gasteiger partial charge in [-0.1, -0.05) is 17.7 Å². The topological polar surface area (TPSA) is 41.5 Å². The zero-order valence-corrected chi connectivity index (χ0v) is 11.8. The summed E-state index contributed by atoms with van der Waals surface area (Å²) in [6.07, 6.45) is 2.49. The molecule has 0 aliphatic carbocycles. The second kappa shape index (κ2) is 7.19. The molecule has 102 valence electrons. The highest BCUT2D eigenvalue weighted by Gasteiger charge is 2.28. The van der Waals surface area contributed by atoms with Gasteiger partial charge in [-0.3, -0.25) is 0 Å². The molecule has 0 radical (unpaired) electrons. The maximum Gasteiger partial charge on any atom is 0.120 e. The lowest BCUT2D eigenvalue weighted by atomic mass is 9.96. The maximum atomic E-state index is 10.4. The number of aliphatic hydroxyl groups is 1. The molecule has 0 amide bonds. The molecule has 2 N–H and O–H groups in total. The quantitative estimate of drug-likeness (QED) is 0.900. The second-order valence-corrected chi connectivity index (χ2v) is 5.01. The Hall–Kier alpha value is -0.480. The van der Waals surface area contributed by atoms with E-state index in [1.807, 2.05) is 12.1 Å². The van der Waals surface area contributed by atoms with Crippen LogP contribution in [0.4, 0.5) is 0 Å². The van der Waals surface area contributed by atoms with Crippen LogP contribution in [-0.2, 0) is 0 Å². The molecule has 0 aromatic heterocycles. The molecule has 1 aromatic rings. The average Bonchev–Trinajstić information content (AvgIpc) is 2.53. The summed E-state index contributed by atoms with van der Waals surface area (Å²) < 4.78 is 5.62. The first kappa shape index (κ1) is 15.6. The van der Waals surface area contributed by atoms with Gasteiger partial charge in [-0.2, -0.15) is 0 Å². The van der Waals surface area contributed by atoms with E-state index in [0.717, 1.165) is 32.4 Å². The smallest absolute Gasteiger partial charge is 0.120 e. The molecule has 18 heavy (non-hydrogen) atoms. The minimum atomic E-state index is -0.716. The molecule has 1 aromatic carbocycles. The maximum absolute atomic E-state index is 10.4. The predicted molar refractivity (Wildman–Crippen MR) is 75.9 cm³/mol. The Kier molecular flexibility index (Phi) is 6.22. The fourth-order valence-electron chi connectivity index (χ4n) is 2.03. The van der Waals surface area contributed by atoms with Gasteiger partial charge in [0.2, 0.25) is 0 Å². The minimum Gasteiger partial charge on any atom is -0.491 e. The number of ether oxygens (including phenoxy) is 1. The van der Waals surface area contributed by atoms with Crippen LogP contribution in [0.15, 0.2) is 24.3 Å². The van der Waals surface area contributed by atoms with Gasteiger partial charge in [-0.25, -0.2) is 0 Å². The molecule has 1 fully saturated rings. The number of hydrogen-bond donors (Lipinski definition) is 2. The Balaban J connectivity index is 0.00000162. The van der Waals surface area contributed by atoms with Gasteiger partial charge in [0.05, 0.1) is 5.60 Å². The largest absolute Gasteiger partial charge is 0.491 e. The van der Waals surface area contributed by atoms with E-state index < -0.39 is 5.60 Å². The molecule has 1 heterocycles. The summed E-state index contributed by atoms with van der Waals surface area (Å²) in [5.74, 6) is 0.711. The first-order valence-electron chi connectivity index (χ1n) is 5.99. The predicted octanol–water partition coefficient (Wildman–Crippen LogP) is 2.65. The van der Waals surface area contributed by atoms with E-state index in [4.69, 9.17) is 16.3 Å². The minimum absolute atomic E-state index is 0. The van der Waals surface area contributed by atoms with Gasteiger partial charge >= 0.3 is 0 Å². The Morgan fingerprint density at radius 3 is 2.94 bits per heavy atom. The fourth-order valence-corrected chi connectivity index (χ4v) is 2.21. The third-order valence-corrected chi connectivity index (χ3v) is 3.30. The summed E-state index contributed by atoms with van der Waals surface area (Å²) in [4.78, 5) is 0. The first-order chi connectivity index (χ1) is 8.18. The second-order valence-electron chi connectivity index (χ2n) is 4.57. The average molecular weight is 292 g/mol. The number of benzene rings is 1. The van der Waals surface area contributed by atoms with Crippen molar-refractivity contribution in [2.75, 3.05) is 19.7 Å². The van der Waals surface area contributed by atoms with E-state index in [0.29, 0.717) is 17.4 Å². The number of hydrogen-bond acceptors (Lipinski definition) is 3. The van der Waals surface area contributed by atoms with Gasteiger partial charge in [-0.05, 0) is 50.6 Å². The van der Waals surface area contributed by atoms with Crippen LogP contribution in [0, 0.1) is 0 Å². The molecule has 5 heteroatoms. The lowest BCUT2D eigenvalue weighted by Crippen LogP contribution is -2.36. The number of nitrogens with one attached hydrogen (secondary N) is 1. The molecule has 0 spiro atoms. The summed E-state index contributed by atoms with van der Waals surface area (Å²) in [5, 5.41) is 14.3. The van der Waals surface area contributed by atoms with Gasteiger partial charge < -0.3 is 15.2 Å². The molecule has 0 bridgehead atoms. The van der Waals surface area contributed by atoms with E-state index in [2.05, 4.69) is 5.32 Å². The van der Waals surface area contributed by atoms with E-state index >= 15 is 0 Å². The van der Waals surface area contributed by atoms with Crippen LogP contribution in [0.2, 0.25) is 5.02 Å². The van der Waals surface area contributed by atoms with E-state index in [1.165, 1.54) is 0 Å². The van der Waals surface area contributed by atoms with Crippen LogP contribution >= 0.6 is 24.0 Å². The van der Waals surface area contributed by atoms with Gasteiger partial charge in [0.15, 0.2) is 0 Å². The molecule has 2 rings (SSSR count). The monoisotopic (exact) mass is 291 g/mol. The third kappa shape index (κ3) is 4.65. The molecular formula is C13H19Cl2NO2. The molecule has 0 saturated carbocycles. The highest BCUT2D eigenvalue weighted by molar-refractivity contribution is 6.30. The standard InChI is InChI=1S/C13H18ClNO2.ClH/c14-11-3-1-4-12(9-11)17-10-13(16)5-2-7-15-8-6-13;/h1,3-4,9,15-16H,2,5-8,10H2;1H. The zero-order chi connectivity index (χ0) is 12.1. The SMILES string of the molecule is Cl.OC1(COc2cccc(Cl)c2)CCCNCC1. The van der Waals surface area contributed by atoms with Crippen molar-refractivity contribution in [3.63, 3.8) is 0 Å². The van der Waals surface area contributed by atoms with Crippen molar-refractivity contribution >= 4 is 24.0 Å². The molecule has 1 unspecified atom stereocenters. The normalized spacial score (nSPS) is 23.9. The molecule has 1 atom stereocenters. The van der Waals surface area contributed by atoms with Crippen molar-refractivity contribution in [3.8, 4) is 5.75 Å². The van der Waals surface area contributed by atoms with Crippen molar-refractivity contribution in [3.05, 3.63) is 29.3 Å². The van der Waals surface area contributed by atoms with Crippen LogP contribution in [0.25, 0.3) is 0 Å². The molecular weight excluding hydrogens is 273 g/mol. The van der Waals surface area contributed by atoms with E-state index in [1.54, 1.807) is 12.1 Å². The van der Waals surface area contributed by atoms with Crippen LogP contribution in [0.1, 0.15) is 19.3 Å².